The fourth-order valence-electron chi connectivity index (χ4n) is 0. The van der Waals surface area contributed by atoms with Crippen molar-refractivity contribution in [1.82, 2.24) is 0 Å². The largest absolute Gasteiger partial charge is 0.681 e. The molecule has 0 aromatic rings. The van der Waals surface area contributed by atoms with Gasteiger partial charge in [0.2, 0.25) is 0 Å². The van der Waals surface area contributed by atoms with Crippen molar-refractivity contribution >= 4 is 17.2 Å². The van der Waals surface area contributed by atoms with E-state index in [1.807, 2.05) is 0 Å². The van der Waals surface area contributed by atoms with Crippen LogP contribution in [0.2, 0.25) is 0 Å². The Bertz CT molecular complexity index is 46.1. The third kappa shape index (κ3) is 8.82. The number of thiocarbonyl (C=S) groups is 1. The molecular formula is C3H6NSW-. The van der Waals surface area contributed by atoms with Gasteiger partial charge in [0.1, 0.15) is 0 Å². The molecule has 0 bridgehead atoms. The van der Waals surface area contributed by atoms with Gasteiger partial charge in [-0.25, -0.2) is 0 Å². The second-order valence-corrected chi connectivity index (χ2v) is 1.33. The summed E-state index contributed by atoms with van der Waals surface area (Å²) in [5.41, 5.74) is 0. The SMILES string of the molecule is C[N-]C(C)=S.[W]. The average Bonchev–Trinajstić information content (AvgIpc) is 1.38. The van der Waals surface area contributed by atoms with E-state index in [4.69, 9.17) is 0 Å². The van der Waals surface area contributed by atoms with E-state index in [0.29, 0.717) is 4.99 Å². The number of hydrogen-bond acceptors (Lipinski definition) is 1. The maximum absolute atomic E-state index is 4.53. The fraction of sp³-hybridized carbons (Fsp3) is 0.667. The van der Waals surface area contributed by atoms with E-state index >= 15 is 0 Å². The van der Waals surface area contributed by atoms with Crippen LogP contribution in [0.1, 0.15) is 6.92 Å². The molecule has 0 atom stereocenters. The first kappa shape index (κ1) is 9.77. The Hall–Kier alpha value is 0.578. The standard InChI is InChI=1S/C3H7NS.W/c1-3(5)4-2;/h1-2H3,(H,4,5);/p-1. The number of hydrogen-bond donors (Lipinski definition) is 0. The zero-order chi connectivity index (χ0) is 4.28. The van der Waals surface area contributed by atoms with Gasteiger partial charge in [-0.15, -0.1) is 19.3 Å². The Morgan fingerprint density at radius 3 is 1.83 bits per heavy atom. The first-order valence-electron chi connectivity index (χ1n) is 1.37. The Morgan fingerprint density at radius 2 is 1.83 bits per heavy atom. The maximum Gasteiger partial charge on any atom is 0 e. The molecule has 0 unspecified atom stereocenters. The molecule has 1 nitrogen and oxygen atoms in total. The minimum atomic E-state index is 0. The molecule has 0 amide bonds. The summed E-state index contributed by atoms with van der Waals surface area (Å²) in [6.45, 7) is 1.79. The minimum absolute atomic E-state index is 0. The molecule has 0 fully saturated rings. The number of nitrogens with zero attached hydrogens (tertiary/aromatic N) is 1. The van der Waals surface area contributed by atoms with Crippen LogP contribution in [-0.4, -0.2) is 12.0 Å². The minimum Gasteiger partial charge on any atom is -0.681 e. The van der Waals surface area contributed by atoms with Gasteiger partial charge in [0.15, 0.2) is 0 Å². The van der Waals surface area contributed by atoms with Crippen molar-refractivity contribution in [2.24, 2.45) is 0 Å². The Labute approximate surface area is 57.8 Å². The third-order valence-corrected chi connectivity index (χ3v) is 0.497. The van der Waals surface area contributed by atoms with E-state index in [2.05, 4.69) is 17.5 Å². The van der Waals surface area contributed by atoms with E-state index in [9.17, 15) is 0 Å². The maximum atomic E-state index is 4.53. The summed E-state index contributed by atoms with van der Waals surface area (Å²) in [4.78, 5) is 0.713. The Balaban J connectivity index is 0. The predicted molar refractivity (Wildman–Crippen MR) is 27.6 cm³/mol. The zero-order valence-corrected chi connectivity index (χ0v) is 7.51. The monoisotopic (exact) mass is 272 g/mol. The van der Waals surface area contributed by atoms with Gasteiger partial charge in [-0.2, -0.15) is 0 Å². The Kier molecular flexibility index (Phi) is 9.08. The van der Waals surface area contributed by atoms with Crippen LogP contribution in [-0.2, 0) is 21.1 Å². The van der Waals surface area contributed by atoms with E-state index in [0.717, 1.165) is 0 Å². The summed E-state index contributed by atoms with van der Waals surface area (Å²) in [6, 6.07) is 0. The molecular weight excluding hydrogens is 266 g/mol. The van der Waals surface area contributed by atoms with Crippen LogP contribution in [0.5, 0.6) is 0 Å². The van der Waals surface area contributed by atoms with E-state index in [-0.39, 0.29) is 21.1 Å². The van der Waals surface area contributed by atoms with Crippen LogP contribution in [0, 0.1) is 0 Å². The second kappa shape index (κ2) is 5.58. The molecule has 0 spiro atoms. The van der Waals surface area contributed by atoms with Gasteiger partial charge < -0.3 is 5.32 Å². The van der Waals surface area contributed by atoms with Crippen LogP contribution in [0.15, 0.2) is 0 Å². The van der Waals surface area contributed by atoms with E-state index in [1.54, 1.807) is 14.0 Å². The molecule has 0 aromatic heterocycles. The summed E-state index contributed by atoms with van der Waals surface area (Å²) in [5, 5.41) is 3.62. The van der Waals surface area contributed by atoms with E-state index < -0.39 is 0 Å². The van der Waals surface area contributed by atoms with Gasteiger partial charge in [-0.3, -0.25) is 0 Å². The van der Waals surface area contributed by atoms with Crippen molar-refractivity contribution in [3.63, 3.8) is 0 Å². The van der Waals surface area contributed by atoms with Crippen molar-refractivity contribution in [3.8, 4) is 0 Å². The summed E-state index contributed by atoms with van der Waals surface area (Å²) < 4.78 is 0. The molecule has 3 heteroatoms. The molecule has 0 N–H and O–H groups in total. The van der Waals surface area contributed by atoms with Crippen molar-refractivity contribution in [1.29, 1.82) is 0 Å². The summed E-state index contributed by atoms with van der Waals surface area (Å²) >= 11 is 4.53. The molecule has 0 radical (unpaired) electrons. The molecule has 0 rings (SSSR count). The smallest absolute Gasteiger partial charge is 0 e. The van der Waals surface area contributed by atoms with Crippen molar-refractivity contribution in [2.45, 2.75) is 6.92 Å². The molecule has 36 valence electrons. The summed E-state index contributed by atoms with van der Waals surface area (Å²) in [6.07, 6.45) is 0. The van der Waals surface area contributed by atoms with Crippen LogP contribution >= 0.6 is 12.2 Å². The van der Waals surface area contributed by atoms with Crippen LogP contribution in [0.3, 0.4) is 0 Å². The van der Waals surface area contributed by atoms with Crippen LogP contribution in [0.25, 0.3) is 5.32 Å². The summed E-state index contributed by atoms with van der Waals surface area (Å²) in [7, 11) is 1.68. The fourth-order valence-corrected chi connectivity index (χ4v) is 0. The Morgan fingerprint density at radius 1 is 1.67 bits per heavy atom. The molecule has 0 aliphatic carbocycles. The molecule has 0 saturated carbocycles. The average molecular weight is 272 g/mol. The first-order valence-corrected chi connectivity index (χ1v) is 1.78. The van der Waals surface area contributed by atoms with Crippen LogP contribution < -0.4 is 0 Å². The quantitative estimate of drug-likeness (QED) is 0.607. The van der Waals surface area contributed by atoms with Gasteiger partial charge in [-0.1, -0.05) is 11.9 Å². The predicted octanol–water partition coefficient (Wildman–Crippen LogP) is 1.33. The summed E-state index contributed by atoms with van der Waals surface area (Å²) in [5.74, 6) is 0. The van der Waals surface area contributed by atoms with Crippen molar-refractivity contribution in [2.75, 3.05) is 7.05 Å². The second-order valence-electron chi connectivity index (χ2n) is 0.743. The first-order chi connectivity index (χ1) is 2.27. The van der Waals surface area contributed by atoms with Crippen molar-refractivity contribution in [3.05, 3.63) is 5.32 Å². The normalized spacial score (nSPS) is 5.67. The van der Waals surface area contributed by atoms with Crippen molar-refractivity contribution < 1.29 is 21.1 Å². The van der Waals surface area contributed by atoms with Gasteiger partial charge in [0.25, 0.3) is 0 Å². The van der Waals surface area contributed by atoms with Gasteiger partial charge >= 0.3 is 0 Å². The van der Waals surface area contributed by atoms with E-state index in [1.165, 1.54) is 0 Å². The van der Waals surface area contributed by atoms with Gasteiger partial charge in [0.05, 0.1) is 0 Å². The molecule has 6 heavy (non-hydrogen) atoms. The molecule has 0 aliphatic rings. The number of rotatable bonds is 0. The molecule has 0 aliphatic heterocycles. The van der Waals surface area contributed by atoms with Gasteiger partial charge in [0, 0.05) is 21.1 Å². The molecule has 0 heterocycles. The third-order valence-electron chi connectivity index (χ3n) is 0.315. The van der Waals surface area contributed by atoms with Crippen LogP contribution in [0.4, 0.5) is 0 Å². The zero-order valence-electron chi connectivity index (χ0n) is 3.76. The van der Waals surface area contributed by atoms with Gasteiger partial charge in [-0.05, 0) is 0 Å². The topological polar surface area (TPSA) is 14.1 Å². The molecule has 0 aromatic carbocycles. The molecule has 0 saturated heterocycles.